The van der Waals surface area contributed by atoms with Crippen LogP contribution < -0.4 is 10.9 Å². The fourth-order valence-electron chi connectivity index (χ4n) is 1.87. The third-order valence-corrected chi connectivity index (χ3v) is 3.72. The zero-order valence-electron chi connectivity index (χ0n) is 11.3. The Bertz CT molecular complexity index is 667. The molecule has 0 saturated carbocycles. The molecule has 0 radical (unpaired) electrons. The summed E-state index contributed by atoms with van der Waals surface area (Å²) in [7, 11) is 1.80. The molecule has 0 fully saturated rings. The second-order valence-corrected chi connectivity index (χ2v) is 5.19. The predicted molar refractivity (Wildman–Crippen MR) is 80.2 cm³/mol. The molecule has 1 amide bonds. The van der Waals surface area contributed by atoms with Gasteiger partial charge in [0.1, 0.15) is 0 Å². The average molecular weight is 313 g/mol. The summed E-state index contributed by atoms with van der Waals surface area (Å²) in [5.74, 6) is -0.251. The number of hydrogen-bond acceptors (Lipinski definition) is 3. The third-order valence-electron chi connectivity index (χ3n) is 2.98. The zero-order chi connectivity index (χ0) is 14.9. The number of amides is 1. The Morgan fingerprint density at radius 3 is 2.50 bits per heavy atom. The molecule has 0 aliphatic carbocycles. The lowest BCUT2D eigenvalue weighted by Crippen LogP contribution is -2.30. The molecule has 0 spiro atoms. The first-order chi connectivity index (χ1) is 9.40. The maximum Gasteiger partial charge on any atom is 0.273 e. The largest absolute Gasteiger partial charge is 0.298 e. The standard InChI is InChI=1S/C13H14Cl2N4O/c1-7-12(8(2)19(3)18-7)13(20)17-16-9-4-5-10(14)11(15)6-9/h4-6,16H,1-3H3,(H,17,20). The van der Waals surface area contributed by atoms with Gasteiger partial charge in [-0.25, -0.2) is 0 Å². The summed E-state index contributed by atoms with van der Waals surface area (Å²) in [6, 6.07) is 5.00. The van der Waals surface area contributed by atoms with Gasteiger partial charge in [0, 0.05) is 12.7 Å². The van der Waals surface area contributed by atoms with Crippen molar-refractivity contribution in [2.45, 2.75) is 13.8 Å². The molecule has 0 bridgehead atoms. The number of aryl methyl sites for hydroxylation is 2. The van der Waals surface area contributed by atoms with Gasteiger partial charge in [0.2, 0.25) is 0 Å². The van der Waals surface area contributed by atoms with Crippen molar-refractivity contribution in [3.05, 3.63) is 45.2 Å². The van der Waals surface area contributed by atoms with E-state index in [2.05, 4.69) is 16.0 Å². The van der Waals surface area contributed by atoms with Gasteiger partial charge < -0.3 is 0 Å². The molecule has 7 heteroatoms. The summed E-state index contributed by atoms with van der Waals surface area (Å²) >= 11 is 11.7. The normalized spacial score (nSPS) is 10.4. The Hall–Kier alpha value is -1.72. The van der Waals surface area contributed by atoms with Crippen LogP contribution in [0.1, 0.15) is 21.7 Å². The van der Waals surface area contributed by atoms with Crippen LogP contribution in [0.2, 0.25) is 10.0 Å². The summed E-state index contributed by atoms with van der Waals surface area (Å²) in [5.41, 5.74) is 8.09. The molecule has 1 aromatic heterocycles. The highest BCUT2D eigenvalue weighted by Crippen LogP contribution is 2.24. The Morgan fingerprint density at radius 1 is 1.25 bits per heavy atom. The number of benzene rings is 1. The van der Waals surface area contributed by atoms with Crippen molar-refractivity contribution in [2.75, 3.05) is 5.43 Å². The lowest BCUT2D eigenvalue weighted by atomic mass is 10.2. The van der Waals surface area contributed by atoms with E-state index in [1.807, 2.05) is 6.92 Å². The van der Waals surface area contributed by atoms with E-state index in [-0.39, 0.29) is 5.91 Å². The van der Waals surface area contributed by atoms with Gasteiger partial charge in [-0.05, 0) is 32.0 Å². The highest BCUT2D eigenvalue weighted by atomic mass is 35.5. The van der Waals surface area contributed by atoms with Gasteiger partial charge in [0.05, 0.1) is 27.0 Å². The number of anilines is 1. The molecular weight excluding hydrogens is 299 g/mol. The van der Waals surface area contributed by atoms with E-state index >= 15 is 0 Å². The Morgan fingerprint density at radius 2 is 1.95 bits per heavy atom. The van der Waals surface area contributed by atoms with Crippen LogP contribution in [0, 0.1) is 13.8 Å². The van der Waals surface area contributed by atoms with Crippen molar-refractivity contribution < 1.29 is 4.79 Å². The van der Waals surface area contributed by atoms with E-state index in [4.69, 9.17) is 23.2 Å². The molecule has 0 aliphatic heterocycles. The van der Waals surface area contributed by atoms with Gasteiger partial charge in [0.15, 0.2) is 0 Å². The lowest BCUT2D eigenvalue weighted by molar-refractivity contribution is 0.0961. The van der Waals surface area contributed by atoms with Crippen molar-refractivity contribution in [3.8, 4) is 0 Å². The van der Waals surface area contributed by atoms with Crippen molar-refractivity contribution in [1.29, 1.82) is 0 Å². The molecule has 2 aromatic rings. The van der Waals surface area contributed by atoms with Crippen LogP contribution in [0.4, 0.5) is 5.69 Å². The fraction of sp³-hybridized carbons (Fsp3) is 0.231. The lowest BCUT2D eigenvalue weighted by Gasteiger charge is -2.09. The number of carbonyl (C=O) groups excluding carboxylic acids is 1. The molecule has 0 aliphatic rings. The summed E-state index contributed by atoms with van der Waals surface area (Å²) in [6.45, 7) is 3.63. The van der Waals surface area contributed by atoms with Crippen LogP contribution >= 0.6 is 23.2 Å². The quantitative estimate of drug-likeness (QED) is 0.856. The number of aromatic nitrogens is 2. The van der Waals surface area contributed by atoms with Gasteiger partial charge in [0.25, 0.3) is 5.91 Å². The molecular formula is C13H14Cl2N4O. The minimum absolute atomic E-state index is 0.251. The number of halogens is 2. The first-order valence-corrected chi connectivity index (χ1v) is 6.67. The Balaban J connectivity index is 2.10. The van der Waals surface area contributed by atoms with Crippen molar-refractivity contribution in [2.24, 2.45) is 7.05 Å². The minimum Gasteiger partial charge on any atom is -0.298 e. The smallest absolute Gasteiger partial charge is 0.273 e. The Kier molecular flexibility index (Phi) is 4.20. The van der Waals surface area contributed by atoms with Crippen LogP contribution in [-0.4, -0.2) is 15.7 Å². The fourth-order valence-corrected chi connectivity index (χ4v) is 2.17. The predicted octanol–water partition coefficient (Wildman–Crippen LogP) is 3.10. The van der Waals surface area contributed by atoms with Gasteiger partial charge in [-0.1, -0.05) is 23.2 Å². The van der Waals surface area contributed by atoms with Gasteiger partial charge in [-0.3, -0.25) is 20.3 Å². The SMILES string of the molecule is Cc1nn(C)c(C)c1C(=O)NNc1ccc(Cl)c(Cl)c1. The Labute approximate surface area is 126 Å². The van der Waals surface area contributed by atoms with Crippen molar-refractivity contribution in [1.82, 2.24) is 15.2 Å². The van der Waals surface area contributed by atoms with Crippen LogP contribution in [0.5, 0.6) is 0 Å². The highest BCUT2D eigenvalue weighted by molar-refractivity contribution is 6.42. The number of nitrogens with one attached hydrogen (secondary N) is 2. The van der Waals surface area contributed by atoms with E-state index in [1.165, 1.54) is 0 Å². The van der Waals surface area contributed by atoms with Gasteiger partial charge >= 0.3 is 0 Å². The van der Waals surface area contributed by atoms with Crippen molar-refractivity contribution >= 4 is 34.8 Å². The van der Waals surface area contributed by atoms with Crippen LogP contribution in [0.25, 0.3) is 0 Å². The molecule has 2 rings (SSSR count). The number of carbonyl (C=O) groups is 1. The number of nitrogens with zero attached hydrogens (tertiary/aromatic N) is 2. The van der Waals surface area contributed by atoms with Gasteiger partial charge in [-0.2, -0.15) is 5.10 Å². The summed E-state index contributed by atoms with van der Waals surface area (Å²) in [4.78, 5) is 12.1. The molecule has 0 unspecified atom stereocenters. The number of hydrazine groups is 1. The van der Waals surface area contributed by atoms with E-state index in [9.17, 15) is 4.79 Å². The third kappa shape index (κ3) is 2.89. The van der Waals surface area contributed by atoms with E-state index < -0.39 is 0 Å². The minimum atomic E-state index is -0.251. The summed E-state index contributed by atoms with van der Waals surface area (Å²) < 4.78 is 1.67. The maximum atomic E-state index is 12.1. The average Bonchev–Trinajstić information content (AvgIpc) is 2.64. The number of hydrogen-bond donors (Lipinski definition) is 2. The summed E-state index contributed by atoms with van der Waals surface area (Å²) in [5, 5.41) is 5.08. The maximum absolute atomic E-state index is 12.1. The summed E-state index contributed by atoms with van der Waals surface area (Å²) in [6.07, 6.45) is 0. The first kappa shape index (κ1) is 14.7. The first-order valence-electron chi connectivity index (χ1n) is 5.91. The monoisotopic (exact) mass is 312 g/mol. The molecule has 20 heavy (non-hydrogen) atoms. The second kappa shape index (κ2) is 5.73. The van der Waals surface area contributed by atoms with E-state index in [0.29, 0.717) is 27.0 Å². The molecule has 5 nitrogen and oxygen atoms in total. The topological polar surface area (TPSA) is 59.0 Å². The van der Waals surface area contributed by atoms with Crippen molar-refractivity contribution in [3.63, 3.8) is 0 Å². The van der Waals surface area contributed by atoms with Gasteiger partial charge in [-0.15, -0.1) is 0 Å². The van der Waals surface area contributed by atoms with Crippen LogP contribution in [0.15, 0.2) is 18.2 Å². The molecule has 2 N–H and O–H groups in total. The molecule has 1 heterocycles. The molecule has 106 valence electrons. The molecule has 0 atom stereocenters. The highest BCUT2D eigenvalue weighted by Gasteiger charge is 2.16. The van der Waals surface area contributed by atoms with Crippen LogP contribution in [-0.2, 0) is 7.05 Å². The van der Waals surface area contributed by atoms with E-state index in [0.717, 1.165) is 5.69 Å². The second-order valence-electron chi connectivity index (χ2n) is 4.38. The molecule has 0 saturated heterocycles. The zero-order valence-corrected chi connectivity index (χ0v) is 12.8. The molecule has 1 aromatic carbocycles. The number of rotatable bonds is 3. The van der Waals surface area contributed by atoms with Crippen LogP contribution in [0.3, 0.4) is 0 Å². The van der Waals surface area contributed by atoms with E-state index in [1.54, 1.807) is 36.9 Å².